The van der Waals surface area contributed by atoms with Crippen molar-refractivity contribution in [1.82, 2.24) is 0 Å². The molecule has 0 saturated carbocycles. The smallest absolute Gasteiger partial charge is 0.0541 e. The number of rotatable bonds is 16. The summed E-state index contributed by atoms with van der Waals surface area (Å²) in [5.74, 6) is 0. The summed E-state index contributed by atoms with van der Waals surface area (Å²) in [5, 5.41) is 19.3. The van der Waals surface area contributed by atoms with Gasteiger partial charge in [0.15, 0.2) is 0 Å². The average Bonchev–Trinajstić information content (AvgIpc) is 2.50. The Labute approximate surface area is 133 Å². The Hall–Kier alpha value is -0.0800. The zero-order valence-corrected chi connectivity index (χ0v) is 14.7. The summed E-state index contributed by atoms with van der Waals surface area (Å²) in [6.45, 7) is 4.25. The predicted molar refractivity (Wildman–Crippen MR) is 92.6 cm³/mol. The Morgan fingerprint density at radius 2 is 0.952 bits per heavy atom. The first-order valence-electron chi connectivity index (χ1n) is 9.56. The fourth-order valence-electron chi connectivity index (χ4n) is 2.78. The lowest BCUT2D eigenvalue weighted by atomic mass is 10.0. The van der Waals surface area contributed by atoms with Gasteiger partial charge in [0, 0.05) is 0 Å². The van der Waals surface area contributed by atoms with Crippen molar-refractivity contribution in [3.05, 3.63) is 0 Å². The van der Waals surface area contributed by atoms with Gasteiger partial charge in [-0.2, -0.15) is 0 Å². The molecule has 0 aromatic rings. The molecule has 2 unspecified atom stereocenters. The second-order valence-corrected chi connectivity index (χ2v) is 6.62. The van der Waals surface area contributed by atoms with Crippen LogP contribution in [-0.2, 0) is 0 Å². The molecule has 0 radical (unpaired) electrons. The minimum atomic E-state index is -0.225. The van der Waals surface area contributed by atoms with Crippen molar-refractivity contribution < 1.29 is 10.2 Å². The van der Waals surface area contributed by atoms with Gasteiger partial charge >= 0.3 is 0 Å². The molecule has 2 atom stereocenters. The Morgan fingerprint density at radius 3 is 1.43 bits per heavy atom. The van der Waals surface area contributed by atoms with Crippen LogP contribution < -0.4 is 0 Å². The van der Waals surface area contributed by atoms with E-state index in [-0.39, 0.29) is 12.2 Å². The molecule has 0 amide bonds. The van der Waals surface area contributed by atoms with Gasteiger partial charge in [0.2, 0.25) is 0 Å². The molecule has 0 aliphatic carbocycles. The van der Waals surface area contributed by atoms with Gasteiger partial charge in [-0.25, -0.2) is 0 Å². The lowest BCUT2D eigenvalue weighted by molar-refractivity contribution is 0.105. The molecular weight excluding hydrogens is 260 g/mol. The first-order valence-corrected chi connectivity index (χ1v) is 9.56. The zero-order valence-electron chi connectivity index (χ0n) is 14.7. The van der Waals surface area contributed by atoms with E-state index in [1.165, 1.54) is 64.2 Å². The van der Waals surface area contributed by atoms with Crippen LogP contribution in [-0.4, -0.2) is 22.4 Å². The molecule has 0 aromatic carbocycles. The Kier molecular flexibility index (Phi) is 16.2. The number of hydrogen-bond donors (Lipinski definition) is 2. The number of aliphatic hydroxyl groups excluding tert-OH is 2. The van der Waals surface area contributed by atoms with Gasteiger partial charge in [0.25, 0.3) is 0 Å². The van der Waals surface area contributed by atoms with E-state index < -0.39 is 0 Å². The third kappa shape index (κ3) is 16.1. The zero-order chi connectivity index (χ0) is 15.8. The van der Waals surface area contributed by atoms with Crippen LogP contribution in [0.1, 0.15) is 110 Å². The van der Waals surface area contributed by atoms with Gasteiger partial charge in [-0.15, -0.1) is 0 Å². The molecule has 2 heteroatoms. The van der Waals surface area contributed by atoms with Crippen molar-refractivity contribution in [3.63, 3.8) is 0 Å². The van der Waals surface area contributed by atoms with E-state index in [4.69, 9.17) is 0 Å². The minimum Gasteiger partial charge on any atom is -0.393 e. The van der Waals surface area contributed by atoms with Crippen LogP contribution in [0.2, 0.25) is 0 Å². The van der Waals surface area contributed by atoms with Crippen LogP contribution in [0.3, 0.4) is 0 Å². The molecule has 0 heterocycles. The Morgan fingerprint density at radius 1 is 0.524 bits per heavy atom. The standard InChI is InChI=1S/C19H40O2/c1-3-5-6-7-8-9-10-11-12-13-14-15-19(21)17-16-18(20)4-2/h18-21H,3-17H2,1-2H3. The van der Waals surface area contributed by atoms with Crippen molar-refractivity contribution in [2.45, 2.75) is 122 Å². The second kappa shape index (κ2) is 16.3. The van der Waals surface area contributed by atoms with Crippen LogP contribution in [0.4, 0.5) is 0 Å². The summed E-state index contributed by atoms with van der Waals surface area (Å²) in [5.41, 5.74) is 0. The molecule has 2 nitrogen and oxygen atoms in total. The molecule has 0 aliphatic rings. The van der Waals surface area contributed by atoms with Gasteiger partial charge in [0.05, 0.1) is 12.2 Å². The Bertz CT molecular complexity index is 194. The first-order chi connectivity index (χ1) is 10.2. The number of aliphatic hydroxyl groups is 2. The molecule has 0 aliphatic heterocycles. The van der Waals surface area contributed by atoms with Gasteiger partial charge < -0.3 is 10.2 Å². The SMILES string of the molecule is CCCCCCCCCCCCCC(O)CCC(O)CC. The largest absolute Gasteiger partial charge is 0.393 e. The fraction of sp³-hybridized carbons (Fsp3) is 1.00. The van der Waals surface area contributed by atoms with Crippen LogP contribution in [0.5, 0.6) is 0 Å². The number of unbranched alkanes of at least 4 members (excludes halogenated alkanes) is 10. The summed E-state index contributed by atoms with van der Waals surface area (Å²) in [6.07, 6.45) is 17.6. The Balaban J connectivity index is 3.14. The normalized spacial score (nSPS) is 14.3. The lowest BCUT2D eigenvalue weighted by Gasteiger charge is -2.12. The topological polar surface area (TPSA) is 40.5 Å². The molecule has 21 heavy (non-hydrogen) atoms. The summed E-state index contributed by atoms with van der Waals surface area (Å²) in [7, 11) is 0. The first kappa shape index (κ1) is 20.9. The van der Waals surface area contributed by atoms with Crippen molar-refractivity contribution in [2.75, 3.05) is 0 Å². The monoisotopic (exact) mass is 300 g/mol. The maximum absolute atomic E-state index is 9.83. The van der Waals surface area contributed by atoms with Crippen molar-refractivity contribution in [2.24, 2.45) is 0 Å². The van der Waals surface area contributed by atoms with E-state index >= 15 is 0 Å². The van der Waals surface area contributed by atoms with Crippen LogP contribution in [0.15, 0.2) is 0 Å². The molecule has 0 rings (SSSR count). The van der Waals surface area contributed by atoms with Crippen LogP contribution in [0, 0.1) is 0 Å². The lowest BCUT2D eigenvalue weighted by Crippen LogP contribution is -2.12. The van der Waals surface area contributed by atoms with Crippen LogP contribution >= 0.6 is 0 Å². The van der Waals surface area contributed by atoms with Gasteiger partial charge in [-0.05, 0) is 25.7 Å². The molecule has 0 spiro atoms. The van der Waals surface area contributed by atoms with E-state index in [1.54, 1.807) is 0 Å². The summed E-state index contributed by atoms with van der Waals surface area (Å²) >= 11 is 0. The number of hydrogen-bond acceptors (Lipinski definition) is 2. The van der Waals surface area contributed by atoms with Crippen molar-refractivity contribution >= 4 is 0 Å². The minimum absolute atomic E-state index is 0.204. The van der Waals surface area contributed by atoms with E-state index in [2.05, 4.69) is 6.92 Å². The highest BCUT2D eigenvalue weighted by Gasteiger charge is 2.07. The van der Waals surface area contributed by atoms with Gasteiger partial charge in [-0.1, -0.05) is 84.5 Å². The maximum Gasteiger partial charge on any atom is 0.0541 e. The van der Waals surface area contributed by atoms with E-state index in [9.17, 15) is 10.2 Å². The van der Waals surface area contributed by atoms with Gasteiger partial charge in [-0.3, -0.25) is 0 Å². The quantitative estimate of drug-likeness (QED) is 0.364. The predicted octanol–water partition coefficient (Wildman–Crippen LogP) is 5.60. The van der Waals surface area contributed by atoms with E-state index in [0.717, 1.165) is 32.1 Å². The third-order valence-electron chi connectivity index (χ3n) is 4.45. The molecule has 0 aromatic heterocycles. The molecule has 0 bridgehead atoms. The van der Waals surface area contributed by atoms with Crippen LogP contribution in [0.25, 0.3) is 0 Å². The molecule has 0 fully saturated rings. The summed E-state index contributed by atoms with van der Waals surface area (Å²) in [6, 6.07) is 0. The molecular formula is C19H40O2. The van der Waals surface area contributed by atoms with Crippen molar-refractivity contribution in [1.29, 1.82) is 0 Å². The molecule has 2 N–H and O–H groups in total. The second-order valence-electron chi connectivity index (χ2n) is 6.62. The molecule has 0 saturated heterocycles. The highest BCUT2D eigenvalue weighted by molar-refractivity contribution is 4.61. The summed E-state index contributed by atoms with van der Waals surface area (Å²) in [4.78, 5) is 0. The average molecular weight is 301 g/mol. The summed E-state index contributed by atoms with van der Waals surface area (Å²) < 4.78 is 0. The fourth-order valence-corrected chi connectivity index (χ4v) is 2.78. The highest BCUT2D eigenvalue weighted by Crippen LogP contribution is 2.14. The highest BCUT2D eigenvalue weighted by atomic mass is 16.3. The molecule has 128 valence electrons. The third-order valence-corrected chi connectivity index (χ3v) is 4.45. The van der Waals surface area contributed by atoms with E-state index in [0.29, 0.717) is 0 Å². The maximum atomic E-state index is 9.83. The van der Waals surface area contributed by atoms with Crippen molar-refractivity contribution in [3.8, 4) is 0 Å². The van der Waals surface area contributed by atoms with Gasteiger partial charge in [0.1, 0.15) is 0 Å². The van der Waals surface area contributed by atoms with E-state index in [1.807, 2.05) is 6.92 Å².